The Balaban J connectivity index is 1.58. The molecule has 3 heterocycles. The number of likely N-dealkylation sites (tertiary alicyclic amines) is 1. The number of carbonyl (C=O) groups excluding carboxylic acids is 1. The van der Waals surface area contributed by atoms with Crippen LogP contribution < -0.4 is 0 Å². The van der Waals surface area contributed by atoms with Gasteiger partial charge in [0.05, 0.1) is 18.0 Å². The molecule has 0 saturated carbocycles. The molecule has 1 aliphatic rings. The number of carbonyl (C=O) groups is 1. The topological polar surface area (TPSA) is 51.0 Å². The number of aromatic nitrogens is 3. The molecule has 0 aromatic carbocycles. The third-order valence-electron chi connectivity index (χ3n) is 4.18. The second kappa shape index (κ2) is 7.64. The van der Waals surface area contributed by atoms with E-state index in [4.69, 9.17) is 0 Å². The van der Waals surface area contributed by atoms with Gasteiger partial charge in [0, 0.05) is 31.2 Å². The molecule has 6 heteroatoms. The van der Waals surface area contributed by atoms with Gasteiger partial charge >= 0.3 is 0 Å². The van der Waals surface area contributed by atoms with Gasteiger partial charge in [-0.05, 0) is 38.3 Å². The zero-order valence-corrected chi connectivity index (χ0v) is 14.2. The van der Waals surface area contributed by atoms with Gasteiger partial charge < -0.3 is 9.47 Å². The van der Waals surface area contributed by atoms with E-state index in [9.17, 15) is 4.79 Å². The van der Waals surface area contributed by atoms with E-state index in [0.717, 1.165) is 30.2 Å². The molecule has 0 unspecified atom stereocenters. The monoisotopic (exact) mass is 330 g/mol. The first-order valence-electron chi connectivity index (χ1n) is 8.07. The quantitative estimate of drug-likeness (QED) is 0.791. The summed E-state index contributed by atoms with van der Waals surface area (Å²) in [6, 6.07) is 6.25. The van der Waals surface area contributed by atoms with Gasteiger partial charge in [-0.2, -0.15) is 0 Å². The Labute approximate surface area is 141 Å². The normalized spacial score (nSPS) is 18.1. The van der Waals surface area contributed by atoms with Gasteiger partial charge in [0.15, 0.2) is 5.16 Å². The van der Waals surface area contributed by atoms with Crippen molar-refractivity contribution in [2.24, 2.45) is 0 Å². The minimum atomic E-state index is 0.217. The number of amides is 1. The van der Waals surface area contributed by atoms with Crippen LogP contribution in [0.3, 0.4) is 0 Å². The van der Waals surface area contributed by atoms with Gasteiger partial charge in [0.2, 0.25) is 5.91 Å². The summed E-state index contributed by atoms with van der Waals surface area (Å²) >= 11 is 1.51. The largest absolute Gasteiger partial charge is 0.339 e. The van der Waals surface area contributed by atoms with Crippen molar-refractivity contribution in [1.82, 2.24) is 19.4 Å². The lowest BCUT2D eigenvalue weighted by Crippen LogP contribution is -2.42. The Bertz CT molecular complexity index is 643. The summed E-state index contributed by atoms with van der Waals surface area (Å²) in [6.45, 7) is 3.71. The van der Waals surface area contributed by atoms with Crippen LogP contribution in [0.5, 0.6) is 0 Å². The third kappa shape index (κ3) is 4.13. The standard InChI is InChI=1S/C17H22N4OS/c1-14-6-3-5-10-21(14)16(22)13-23-17-19-9-11-20(17)12-15-7-2-4-8-18-15/h2,4,7-9,11,14H,3,5-6,10,12-13H2,1H3/t14-/m0/s1. The number of pyridine rings is 1. The number of thioether (sulfide) groups is 1. The second-order valence-electron chi connectivity index (χ2n) is 5.88. The van der Waals surface area contributed by atoms with Crippen LogP contribution in [-0.2, 0) is 11.3 Å². The summed E-state index contributed by atoms with van der Waals surface area (Å²) in [4.78, 5) is 23.2. The number of rotatable bonds is 5. The van der Waals surface area contributed by atoms with E-state index < -0.39 is 0 Å². The molecule has 0 aliphatic carbocycles. The average molecular weight is 330 g/mol. The number of piperidine rings is 1. The fourth-order valence-electron chi connectivity index (χ4n) is 2.90. The van der Waals surface area contributed by atoms with Crippen LogP contribution >= 0.6 is 11.8 Å². The fourth-order valence-corrected chi connectivity index (χ4v) is 3.75. The summed E-state index contributed by atoms with van der Waals surface area (Å²) in [5.74, 6) is 0.665. The molecule has 2 aromatic heterocycles. The molecule has 0 radical (unpaired) electrons. The lowest BCUT2D eigenvalue weighted by atomic mass is 10.0. The third-order valence-corrected chi connectivity index (χ3v) is 5.17. The number of hydrogen-bond donors (Lipinski definition) is 0. The summed E-state index contributed by atoms with van der Waals surface area (Å²) in [6.07, 6.45) is 8.97. The predicted octanol–water partition coefficient (Wildman–Crippen LogP) is 2.82. The number of imidazole rings is 1. The molecule has 0 spiro atoms. The molecule has 1 aliphatic heterocycles. The molecule has 122 valence electrons. The summed E-state index contributed by atoms with van der Waals surface area (Å²) in [5, 5.41) is 0.869. The molecule has 0 N–H and O–H groups in total. The maximum Gasteiger partial charge on any atom is 0.233 e. The predicted molar refractivity (Wildman–Crippen MR) is 91.3 cm³/mol. The molecule has 1 amide bonds. The fraction of sp³-hybridized carbons (Fsp3) is 0.471. The number of nitrogens with zero attached hydrogens (tertiary/aromatic N) is 4. The molecule has 1 atom stereocenters. The highest BCUT2D eigenvalue weighted by atomic mass is 32.2. The van der Waals surface area contributed by atoms with E-state index in [2.05, 4.69) is 16.9 Å². The van der Waals surface area contributed by atoms with Gasteiger partial charge in [0.1, 0.15) is 0 Å². The van der Waals surface area contributed by atoms with Gasteiger partial charge in [-0.3, -0.25) is 9.78 Å². The minimum Gasteiger partial charge on any atom is -0.339 e. The van der Waals surface area contributed by atoms with Gasteiger partial charge in [-0.1, -0.05) is 17.8 Å². The Kier molecular flexibility index (Phi) is 5.33. The molecule has 1 saturated heterocycles. The molecule has 23 heavy (non-hydrogen) atoms. The van der Waals surface area contributed by atoms with Crippen LogP contribution in [0, 0.1) is 0 Å². The van der Waals surface area contributed by atoms with Gasteiger partial charge in [-0.15, -0.1) is 0 Å². The lowest BCUT2D eigenvalue weighted by Gasteiger charge is -2.33. The van der Waals surface area contributed by atoms with E-state index >= 15 is 0 Å². The molecule has 2 aromatic rings. The van der Waals surface area contributed by atoms with Crippen molar-refractivity contribution < 1.29 is 4.79 Å². The number of hydrogen-bond acceptors (Lipinski definition) is 4. The summed E-state index contributed by atoms with van der Waals surface area (Å²) < 4.78 is 2.04. The van der Waals surface area contributed by atoms with E-state index in [1.165, 1.54) is 18.2 Å². The van der Waals surface area contributed by atoms with Crippen molar-refractivity contribution >= 4 is 17.7 Å². The Morgan fingerprint density at radius 1 is 1.30 bits per heavy atom. The van der Waals surface area contributed by atoms with Gasteiger partial charge in [0.25, 0.3) is 0 Å². The first-order valence-corrected chi connectivity index (χ1v) is 9.06. The van der Waals surface area contributed by atoms with E-state index in [0.29, 0.717) is 18.3 Å². The first-order chi connectivity index (χ1) is 11.2. The first kappa shape index (κ1) is 16.1. The van der Waals surface area contributed by atoms with E-state index in [-0.39, 0.29) is 5.91 Å². The molecular formula is C17H22N4OS. The maximum atomic E-state index is 12.4. The molecule has 3 rings (SSSR count). The maximum absolute atomic E-state index is 12.4. The smallest absolute Gasteiger partial charge is 0.233 e. The molecule has 0 bridgehead atoms. The van der Waals surface area contributed by atoms with Crippen LogP contribution in [0.4, 0.5) is 0 Å². The van der Waals surface area contributed by atoms with Crippen LogP contribution in [0.25, 0.3) is 0 Å². The van der Waals surface area contributed by atoms with E-state index in [1.54, 1.807) is 12.4 Å². The van der Waals surface area contributed by atoms with Crippen LogP contribution in [0.2, 0.25) is 0 Å². The van der Waals surface area contributed by atoms with Crippen molar-refractivity contribution in [3.8, 4) is 0 Å². The van der Waals surface area contributed by atoms with Gasteiger partial charge in [-0.25, -0.2) is 4.98 Å². The molecule has 1 fully saturated rings. The minimum absolute atomic E-state index is 0.217. The van der Waals surface area contributed by atoms with Crippen LogP contribution in [0.1, 0.15) is 31.9 Å². The zero-order chi connectivity index (χ0) is 16.1. The summed E-state index contributed by atoms with van der Waals surface area (Å²) in [7, 11) is 0. The molecule has 5 nitrogen and oxygen atoms in total. The summed E-state index contributed by atoms with van der Waals surface area (Å²) in [5.41, 5.74) is 0.989. The van der Waals surface area contributed by atoms with E-state index in [1.807, 2.05) is 33.9 Å². The highest BCUT2D eigenvalue weighted by Crippen LogP contribution is 2.21. The zero-order valence-electron chi connectivity index (χ0n) is 13.4. The van der Waals surface area contributed by atoms with Crippen molar-refractivity contribution in [3.05, 3.63) is 42.5 Å². The average Bonchev–Trinajstić information content (AvgIpc) is 3.01. The second-order valence-corrected chi connectivity index (χ2v) is 6.82. The Morgan fingerprint density at radius 3 is 3.00 bits per heavy atom. The molecular weight excluding hydrogens is 308 g/mol. The Morgan fingerprint density at radius 2 is 2.22 bits per heavy atom. The highest BCUT2D eigenvalue weighted by molar-refractivity contribution is 7.99. The van der Waals surface area contributed by atoms with Crippen molar-refractivity contribution in [2.45, 2.75) is 43.9 Å². The van der Waals surface area contributed by atoms with Crippen molar-refractivity contribution in [2.75, 3.05) is 12.3 Å². The van der Waals surface area contributed by atoms with Crippen molar-refractivity contribution in [1.29, 1.82) is 0 Å². The van der Waals surface area contributed by atoms with Crippen molar-refractivity contribution in [3.63, 3.8) is 0 Å². The lowest BCUT2D eigenvalue weighted by molar-refractivity contribution is -0.131. The Hall–Kier alpha value is -1.82. The van der Waals surface area contributed by atoms with Crippen LogP contribution in [-0.4, -0.2) is 43.7 Å². The van der Waals surface area contributed by atoms with Crippen LogP contribution in [0.15, 0.2) is 41.9 Å². The SMILES string of the molecule is C[C@H]1CCCCN1C(=O)CSc1nccn1Cc1ccccn1. The highest BCUT2D eigenvalue weighted by Gasteiger charge is 2.23.